The second-order valence-corrected chi connectivity index (χ2v) is 7.85. The van der Waals surface area contributed by atoms with Crippen molar-refractivity contribution in [2.75, 3.05) is 36.4 Å². The first-order valence-electron chi connectivity index (χ1n) is 8.48. The van der Waals surface area contributed by atoms with E-state index in [0.29, 0.717) is 18.0 Å². The molecular weight excluding hydrogens is 402 g/mol. The number of piperidine rings is 1. The lowest BCUT2D eigenvalue weighted by Crippen LogP contribution is -2.31. The van der Waals surface area contributed by atoms with Gasteiger partial charge in [-0.05, 0) is 48.2 Å². The summed E-state index contributed by atoms with van der Waals surface area (Å²) >= 11 is 4.79. The Kier molecular flexibility index (Phi) is 6.25. The lowest BCUT2D eigenvalue weighted by molar-refractivity contribution is 0.0959. The smallest absolute Gasteiger partial charge is 0.261 e. The number of nitrogens with one attached hydrogen (secondary N) is 2. The monoisotopic (exact) mass is 423 g/mol. The maximum Gasteiger partial charge on any atom is 0.261 e. The molecule has 0 unspecified atom stereocenters. The van der Waals surface area contributed by atoms with Gasteiger partial charge in [-0.2, -0.15) is 0 Å². The molecular formula is C17H22BrN5OS. The van der Waals surface area contributed by atoms with Crippen LogP contribution in [0.25, 0.3) is 0 Å². The van der Waals surface area contributed by atoms with Gasteiger partial charge >= 0.3 is 0 Å². The number of aromatic nitrogens is 2. The lowest BCUT2D eigenvalue weighted by atomic mass is 10.1. The Bertz CT molecular complexity index is 730. The van der Waals surface area contributed by atoms with Crippen molar-refractivity contribution in [2.24, 2.45) is 0 Å². The number of carbonyl (C=O) groups excluding carboxylic acids is 1. The fraction of sp³-hybridized carbons (Fsp3) is 0.471. The van der Waals surface area contributed by atoms with Crippen LogP contribution in [0.2, 0.25) is 0 Å². The van der Waals surface area contributed by atoms with Crippen LogP contribution in [0.3, 0.4) is 0 Å². The van der Waals surface area contributed by atoms with Crippen LogP contribution in [-0.2, 0) is 0 Å². The summed E-state index contributed by atoms with van der Waals surface area (Å²) < 4.78 is 0.933. The second kappa shape index (κ2) is 8.62. The first-order chi connectivity index (χ1) is 12.1. The zero-order valence-corrected chi connectivity index (χ0v) is 16.6. The van der Waals surface area contributed by atoms with Crippen LogP contribution in [0.5, 0.6) is 0 Å². The van der Waals surface area contributed by atoms with Crippen LogP contribution >= 0.6 is 27.3 Å². The van der Waals surface area contributed by atoms with Gasteiger partial charge in [-0.1, -0.05) is 0 Å². The number of amides is 1. The Morgan fingerprint density at radius 3 is 2.76 bits per heavy atom. The highest BCUT2D eigenvalue weighted by molar-refractivity contribution is 9.10. The number of carbonyl (C=O) groups is 1. The molecule has 134 valence electrons. The van der Waals surface area contributed by atoms with E-state index in [-0.39, 0.29) is 5.91 Å². The van der Waals surface area contributed by atoms with Crippen LogP contribution in [0.4, 0.5) is 11.6 Å². The summed E-state index contributed by atoms with van der Waals surface area (Å²) in [6.07, 6.45) is 3.74. The molecule has 1 saturated heterocycles. The van der Waals surface area contributed by atoms with Gasteiger partial charge < -0.3 is 15.5 Å². The molecule has 2 aromatic rings. The van der Waals surface area contributed by atoms with Crippen molar-refractivity contribution in [1.82, 2.24) is 15.3 Å². The van der Waals surface area contributed by atoms with E-state index in [1.165, 1.54) is 30.6 Å². The van der Waals surface area contributed by atoms with Crippen molar-refractivity contribution < 1.29 is 4.79 Å². The minimum absolute atomic E-state index is 0.0506. The Morgan fingerprint density at radius 2 is 2.04 bits per heavy atom. The third kappa shape index (κ3) is 5.15. The van der Waals surface area contributed by atoms with Crippen LogP contribution in [0, 0.1) is 6.92 Å². The van der Waals surface area contributed by atoms with Gasteiger partial charge in [0.05, 0.1) is 4.88 Å². The molecule has 3 rings (SSSR count). The average molecular weight is 424 g/mol. The highest BCUT2D eigenvalue weighted by Gasteiger charge is 2.14. The van der Waals surface area contributed by atoms with Gasteiger partial charge in [0.25, 0.3) is 5.91 Å². The number of anilines is 2. The molecule has 1 aliphatic rings. The molecule has 1 fully saturated rings. The SMILES string of the molecule is Cc1nc(NCCNC(=O)c2cc(Br)cs2)cc(N2CCCCC2)n1. The molecule has 1 amide bonds. The molecule has 0 aliphatic carbocycles. The molecule has 0 radical (unpaired) electrons. The van der Waals surface area contributed by atoms with E-state index in [2.05, 4.69) is 41.4 Å². The highest BCUT2D eigenvalue weighted by Crippen LogP contribution is 2.21. The Hall–Kier alpha value is -1.67. The van der Waals surface area contributed by atoms with E-state index in [9.17, 15) is 4.79 Å². The summed E-state index contributed by atoms with van der Waals surface area (Å²) in [5, 5.41) is 8.09. The maximum atomic E-state index is 12.0. The van der Waals surface area contributed by atoms with E-state index >= 15 is 0 Å². The molecule has 2 aromatic heterocycles. The number of nitrogens with zero attached hydrogens (tertiary/aromatic N) is 3. The van der Waals surface area contributed by atoms with Gasteiger partial charge in [-0.25, -0.2) is 9.97 Å². The minimum atomic E-state index is -0.0506. The fourth-order valence-corrected chi connectivity index (χ4v) is 4.16. The van der Waals surface area contributed by atoms with Gasteiger partial charge in [-0.3, -0.25) is 4.79 Å². The largest absolute Gasteiger partial charge is 0.368 e. The topological polar surface area (TPSA) is 70.2 Å². The van der Waals surface area contributed by atoms with Gasteiger partial charge in [0.15, 0.2) is 0 Å². The molecule has 8 heteroatoms. The molecule has 0 bridgehead atoms. The number of rotatable bonds is 6. The predicted octanol–water partition coefficient (Wildman–Crippen LogP) is 3.44. The van der Waals surface area contributed by atoms with Crippen molar-refractivity contribution in [3.05, 3.63) is 32.7 Å². The van der Waals surface area contributed by atoms with Gasteiger partial charge in [0, 0.05) is 42.1 Å². The van der Waals surface area contributed by atoms with Crippen molar-refractivity contribution in [3.63, 3.8) is 0 Å². The van der Waals surface area contributed by atoms with E-state index in [1.54, 1.807) is 0 Å². The molecule has 0 atom stereocenters. The molecule has 3 heterocycles. The van der Waals surface area contributed by atoms with Gasteiger partial charge in [0.1, 0.15) is 17.5 Å². The molecule has 0 aromatic carbocycles. The first-order valence-corrected chi connectivity index (χ1v) is 10.2. The molecule has 0 spiro atoms. The lowest BCUT2D eigenvalue weighted by Gasteiger charge is -2.28. The molecule has 1 aliphatic heterocycles. The number of aryl methyl sites for hydroxylation is 1. The van der Waals surface area contributed by atoms with Crippen LogP contribution in [0.15, 0.2) is 22.0 Å². The zero-order valence-electron chi connectivity index (χ0n) is 14.2. The van der Waals surface area contributed by atoms with Crippen molar-refractivity contribution >= 4 is 44.8 Å². The third-order valence-electron chi connectivity index (χ3n) is 4.01. The minimum Gasteiger partial charge on any atom is -0.368 e. The van der Waals surface area contributed by atoms with Crippen LogP contribution in [-0.4, -0.2) is 42.1 Å². The summed E-state index contributed by atoms with van der Waals surface area (Å²) in [5.41, 5.74) is 0. The van der Waals surface area contributed by atoms with Crippen LogP contribution in [0.1, 0.15) is 34.8 Å². The Morgan fingerprint density at radius 1 is 1.24 bits per heavy atom. The maximum absolute atomic E-state index is 12.0. The summed E-state index contributed by atoms with van der Waals surface area (Å²) in [5.74, 6) is 2.51. The van der Waals surface area contributed by atoms with Crippen LogP contribution < -0.4 is 15.5 Å². The molecule has 25 heavy (non-hydrogen) atoms. The summed E-state index contributed by atoms with van der Waals surface area (Å²) in [6.45, 7) is 5.18. The zero-order chi connectivity index (χ0) is 17.6. The van der Waals surface area contributed by atoms with E-state index in [1.807, 2.05) is 24.4 Å². The first kappa shape index (κ1) is 18.1. The standard InChI is InChI=1S/C17H22BrN5OS/c1-12-21-15(10-16(22-12)23-7-3-2-4-8-23)19-5-6-20-17(24)14-9-13(18)11-25-14/h9-11H,2-8H2,1H3,(H,20,24)(H,19,21,22). The molecule has 0 saturated carbocycles. The van der Waals surface area contributed by atoms with Gasteiger partial charge in [0.2, 0.25) is 0 Å². The highest BCUT2D eigenvalue weighted by atomic mass is 79.9. The number of halogens is 1. The average Bonchev–Trinajstić information content (AvgIpc) is 3.05. The summed E-state index contributed by atoms with van der Waals surface area (Å²) in [4.78, 5) is 24.0. The van der Waals surface area contributed by atoms with E-state index < -0.39 is 0 Å². The third-order valence-corrected chi connectivity index (χ3v) is 5.70. The van der Waals surface area contributed by atoms with Crippen molar-refractivity contribution in [1.29, 1.82) is 0 Å². The number of hydrogen-bond acceptors (Lipinski definition) is 6. The van der Waals surface area contributed by atoms with Crippen molar-refractivity contribution in [3.8, 4) is 0 Å². The summed E-state index contributed by atoms with van der Waals surface area (Å²) in [7, 11) is 0. The second-order valence-electron chi connectivity index (χ2n) is 6.02. The Balaban J connectivity index is 1.51. The fourth-order valence-electron chi connectivity index (χ4n) is 2.81. The van der Waals surface area contributed by atoms with Crippen molar-refractivity contribution in [2.45, 2.75) is 26.2 Å². The number of hydrogen-bond donors (Lipinski definition) is 2. The number of thiophene rings is 1. The molecule has 6 nitrogen and oxygen atoms in total. The van der Waals surface area contributed by atoms with E-state index in [4.69, 9.17) is 0 Å². The predicted molar refractivity (Wildman–Crippen MR) is 106 cm³/mol. The van der Waals surface area contributed by atoms with E-state index in [0.717, 1.165) is 35.0 Å². The Labute approximate surface area is 160 Å². The summed E-state index contributed by atoms with van der Waals surface area (Å²) in [6, 6.07) is 3.82. The quantitative estimate of drug-likeness (QED) is 0.696. The molecule has 2 N–H and O–H groups in total. The normalized spacial score (nSPS) is 14.4. The van der Waals surface area contributed by atoms with Gasteiger partial charge in [-0.15, -0.1) is 11.3 Å².